The van der Waals surface area contributed by atoms with Crippen LogP contribution in [0.5, 0.6) is 0 Å². The third-order valence-corrected chi connectivity index (χ3v) is 3.96. The van der Waals surface area contributed by atoms with E-state index in [9.17, 15) is 5.11 Å². The molecule has 0 amide bonds. The first-order chi connectivity index (χ1) is 9.16. The smallest absolute Gasteiger partial charge is 0.0540 e. The predicted molar refractivity (Wildman–Crippen MR) is 86.5 cm³/mol. The first kappa shape index (κ1) is 19.0. The van der Waals surface area contributed by atoms with Crippen molar-refractivity contribution in [3.63, 3.8) is 0 Å². The highest BCUT2D eigenvalue weighted by Crippen LogP contribution is 2.14. The lowest BCUT2D eigenvalue weighted by atomic mass is 10.0. The SMILES string of the molecule is CCCCCC(O)CCCCCCCCCC(C)C. The number of aliphatic hydroxyl groups excluding tert-OH is 1. The summed E-state index contributed by atoms with van der Waals surface area (Å²) in [6.07, 6.45) is 16.7. The van der Waals surface area contributed by atoms with Gasteiger partial charge < -0.3 is 5.11 Å². The van der Waals surface area contributed by atoms with Crippen LogP contribution >= 0.6 is 0 Å². The summed E-state index contributed by atoms with van der Waals surface area (Å²) in [6, 6.07) is 0. The fraction of sp³-hybridized carbons (Fsp3) is 1.00. The molecule has 1 nitrogen and oxygen atoms in total. The Bertz CT molecular complexity index is 165. The van der Waals surface area contributed by atoms with E-state index in [-0.39, 0.29) is 6.10 Å². The highest BCUT2D eigenvalue weighted by atomic mass is 16.3. The lowest BCUT2D eigenvalue weighted by Crippen LogP contribution is -2.05. The van der Waals surface area contributed by atoms with Crippen LogP contribution < -0.4 is 0 Å². The highest BCUT2D eigenvalue weighted by Gasteiger charge is 2.03. The van der Waals surface area contributed by atoms with Crippen LogP contribution in [0.15, 0.2) is 0 Å². The van der Waals surface area contributed by atoms with Crippen LogP contribution in [0.3, 0.4) is 0 Å². The molecule has 0 saturated heterocycles. The van der Waals surface area contributed by atoms with Crippen LogP contribution in [0.1, 0.15) is 104 Å². The topological polar surface area (TPSA) is 20.2 Å². The minimum absolute atomic E-state index is 0.0300. The Morgan fingerprint density at radius 1 is 0.632 bits per heavy atom. The number of aliphatic hydroxyl groups is 1. The third-order valence-electron chi connectivity index (χ3n) is 3.96. The molecule has 0 bridgehead atoms. The van der Waals surface area contributed by atoms with Gasteiger partial charge in [0.05, 0.1) is 6.10 Å². The minimum Gasteiger partial charge on any atom is -0.393 e. The van der Waals surface area contributed by atoms with Crippen molar-refractivity contribution >= 4 is 0 Å². The first-order valence-electron chi connectivity index (χ1n) is 8.84. The predicted octanol–water partition coefficient (Wildman–Crippen LogP) is 6.09. The molecule has 1 unspecified atom stereocenters. The minimum atomic E-state index is -0.0300. The van der Waals surface area contributed by atoms with E-state index in [2.05, 4.69) is 20.8 Å². The maximum atomic E-state index is 9.80. The summed E-state index contributed by atoms with van der Waals surface area (Å²) in [4.78, 5) is 0. The Labute approximate surface area is 122 Å². The van der Waals surface area contributed by atoms with Gasteiger partial charge in [-0.2, -0.15) is 0 Å². The van der Waals surface area contributed by atoms with Crippen LogP contribution in [0.4, 0.5) is 0 Å². The van der Waals surface area contributed by atoms with Gasteiger partial charge in [0.2, 0.25) is 0 Å². The van der Waals surface area contributed by atoms with Gasteiger partial charge in [0, 0.05) is 0 Å². The molecule has 0 aromatic carbocycles. The van der Waals surface area contributed by atoms with E-state index in [1.54, 1.807) is 0 Å². The van der Waals surface area contributed by atoms with Crippen molar-refractivity contribution in [1.29, 1.82) is 0 Å². The van der Waals surface area contributed by atoms with E-state index in [4.69, 9.17) is 0 Å². The average Bonchev–Trinajstić information content (AvgIpc) is 2.36. The second-order valence-electron chi connectivity index (χ2n) is 6.60. The summed E-state index contributed by atoms with van der Waals surface area (Å²) in [5.41, 5.74) is 0. The van der Waals surface area contributed by atoms with E-state index in [1.165, 1.54) is 70.6 Å². The Morgan fingerprint density at radius 3 is 1.53 bits per heavy atom. The van der Waals surface area contributed by atoms with Crippen molar-refractivity contribution in [2.75, 3.05) is 0 Å². The largest absolute Gasteiger partial charge is 0.393 e. The van der Waals surface area contributed by atoms with Crippen molar-refractivity contribution in [3.8, 4) is 0 Å². The van der Waals surface area contributed by atoms with Gasteiger partial charge in [0.25, 0.3) is 0 Å². The zero-order valence-electron chi connectivity index (χ0n) is 13.8. The maximum Gasteiger partial charge on any atom is 0.0540 e. The molecule has 0 spiro atoms. The number of unbranched alkanes of at least 4 members (excludes halogenated alkanes) is 8. The summed E-state index contributed by atoms with van der Waals surface area (Å²) in [5.74, 6) is 0.870. The molecule has 0 rings (SSSR count). The van der Waals surface area contributed by atoms with Crippen molar-refractivity contribution < 1.29 is 5.11 Å². The van der Waals surface area contributed by atoms with Gasteiger partial charge in [-0.15, -0.1) is 0 Å². The van der Waals surface area contributed by atoms with E-state index < -0.39 is 0 Å². The molecule has 0 aromatic rings. The maximum absolute atomic E-state index is 9.80. The molecule has 0 saturated carbocycles. The van der Waals surface area contributed by atoms with Gasteiger partial charge in [-0.25, -0.2) is 0 Å². The second kappa shape index (κ2) is 14.4. The fourth-order valence-electron chi connectivity index (χ4n) is 2.59. The van der Waals surface area contributed by atoms with E-state index >= 15 is 0 Å². The Balaban J connectivity index is 3.09. The molecule has 0 radical (unpaired) electrons. The monoisotopic (exact) mass is 270 g/mol. The molecule has 0 fully saturated rings. The van der Waals surface area contributed by atoms with Crippen LogP contribution in [-0.2, 0) is 0 Å². The molecule has 0 aliphatic heterocycles. The van der Waals surface area contributed by atoms with Crippen LogP contribution in [-0.4, -0.2) is 11.2 Å². The molecule has 0 aromatic heterocycles. The highest BCUT2D eigenvalue weighted by molar-refractivity contribution is 4.57. The quantitative estimate of drug-likeness (QED) is 0.378. The average molecular weight is 271 g/mol. The first-order valence-corrected chi connectivity index (χ1v) is 8.84. The van der Waals surface area contributed by atoms with Gasteiger partial charge in [0.1, 0.15) is 0 Å². The molecule has 116 valence electrons. The molecule has 19 heavy (non-hydrogen) atoms. The lowest BCUT2D eigenvalue weighted by molar-refractivity contribution is 0.147. The zero-order chi connectivity index (χ0) is 14.3. The molecule has 0 heterocycles. The number of hydrogen-bond donors (Lipinski definition) is 1. The molecule has 0 aliphatic rings. The van der Waals surface area contributed by atoms with Crippen molar-refractivity contribution in [3.05, 3.63) is 0 Å². The number of hydrogen-bond acceptors (Lipinski definition) is 1. The van der Waals surface area contributed by atoms with E-state index in [1.807, 2.05) is 0 Å². The van der Waals surface area contributed by atoms with Crippen molar-refractivity contribution in [2.45, 2.75) is 110 Å². The number of rotatable bonds is 14. The Hall–Kier alpha value is -0.0400. The second-order valence-corrected chi connectivity index (χ2v) is 6.60. The summed E-state index contributed by atoms with van der Waals surface area (Å²) in [7, 11) is 0. The van der Waals surface area contributed by atoms with Crippen LogP contribution in [0.2, 0.25) is 0 Å². The van der Waals surface area contributed by atoms with E-state index in [0.717, 1.165) is 18.8 Å². The van der Waals surface area contributed by atoms with Gasteiger partial charge in [-0.3, -0.25) is 0 Å². The summed E-state index contributed by atoms with van der Waals surface area (Å²) in [6.45, 7) is 6.84. The molecule has 1 heteroatoms. The standard InChI is InChI=1S/C18H38O/c1-4-5-11-15-18(19)16-13-10-8-6-7-9-12-14-17(2)3/h17-19H,4-16H2,1-3H3. The molecule has 0 aliphatic carbocycles. The van der Waals surface area contributed by atoms with Crippen molar-refractivity contribution in [1.82, 2.24) is 0 Å². The normalized spacial score (nSPS) is 13.1. The van der Waals surface area contributed by atoms with E-state index in [0.29, 0.717) is 0 Å². The summed E-state index contributed by atoms with van der Waals surface area (Å²) in [5, 5.41) is 9.80. The Kier molecular flexibility index (Phi) is 14.3. The fourth-order valence-corrected chi connectivity index (χ4v) is 2.59. The Morgan fingerprint density at radius 2 is 1.05 bits per heavy atom. The van der Waals surface area contributed by atoms with Gasteiger partial charge >= 0.3 is 0 Å². The summed E-state index contributed by atoms with van der Waals surface area (Å²) < 4.78 is 0. The van der Waals surface area contributed by atoms with Gasteiger partial charge in [-0.05, 0) is 18.8 Å². The third kappa shape index (κ3) is 15.9. The molecular formula is C18H38O. The van der Waals surface area contributed by atoms with Crippen LogP contribution in [0.25, 0.3) is 0 Å². The van der Waals surface area contributed by atoms with Crippen LogP contribution in [0, 0.1) is 5.92 Å². The molecule has 1 N–H and O–H groups in total. The lowest BCUT2D eigenvalue weighted by Gasteiger charge is -2.09. The zero-order valence-corrected chi connectivity index (χ0v) is 13.8. The van der Waals surface area contributed by atoms with Crippen molar-refractivity contribution in [2.24, 2.45) is 5.92 Å². The van der Waals surface area contributed by atoms with Gasteiger partial charge in [0.15, 0.2) is 0 Å². The molecular weight excluding hydrogens is 232 g/mol. The van der Waals surface area contributed by atoms with Gasteiger partial charge in [-0.1, -0.05) is 91.4 Å². The molecule has 1 atom stereocenters. The summed E-state index contributed by atoms with van der Waals surface area (Å²) >= 11 is 0.